The minimum atomic E-state index is -1.02. The van der Waals surface area contributed by atoms with Crippen molar-refractivity contribution in [2.45, 2.75) is 25.8 Å². The van der Waals surface area contributed by atoms with Crippen LogP contribution in [-0.2, 0) is 0 Å². The first-order valence-electron chi connectivity index (χ1n) is 5.58. The Morgan fingerprint density at radius 1 is 1.69 bits per heavy atom. The summed E-state index contributed by atoms with van der Waals surface area (Å²) >= 11 is 0. The van der Waals surface area contributed by atoms with Gasteiger partial charge in [0.25, 0.3) is 0 Å². The van der Waals surface area contributed by atoms with Gasteiger partial charge in [0.1, 0.15) is 0 Å². The maximum Gasteiger partial charge on any atom is 0.358 e. The highest BCUT2D eigenvalue weighted by Crippen LogP contribution is 2.20. The molecule has 1 saturated heterocycles. The molecule has 1 aliphatic rings. The van der Waals surface area contributed by atoms with E-state index < -0.39 is 5.97 Å². The van der Waals surface area contributed by atoms with E-state index in [2.05, 4.69) is 22.1 Å². The standard InChI is InChI=1S/C10H16N4O2/c1-2-4-13-5-3-8(6-13)14-7-9(10(15)16)11-12-14/h7-8H,2-6H2,1H3,(H,15,16)/t8-/m0/s1. The maximum atomic E-state index is 10.7. The average molecular weight is 224 g/mol. The number of hydrogen-bond donors (Lipinski definition) is 1. The fourth-order valence-electron chi connectivity index (χ4n) is 2.10. The van der Waals surface area contributed by atoms with Gasteiger partial charge in [-0.2, -0.15) is 0 Å². The van der Waals surface area contributed by atoms with Gasteiger partial charge in [-0.1, -0.05) is 12.1 Å². The van der Waals surface area contributed by atoms with Gasteiger partial charge in [0, 0.05) is 13.1 Å². The van der Waals surface area contributed by atoms with Crippen molar-refractivity contribution >= 4 is 5.97 Å². The van der Waals surface area contributed by atoms with Crippen LogP contribution in [0.15, 0.2) is 6.20 Å². The minimum absolute atomic E-state index is 0.0222. The van der Waals surface area contributed by atoms with Crippen molar-refractivity contribution in [1.82, 2.24) is 19.9 Å². The number of aromatic carboxylic acids is 1. The molecule has 0 amide bonds. The zero-order chi connectivity index (χ0) is 11.5. The molecule has 0 aromatic carbocycles. The Morgan fingerprint density at radius 2 is 2.50 bits per heavy atom. The second kappa shape index (κ2) is 4.61. The summed E-state index contributed by atoms with van der Waals surface area (Å²) in [6.07, 6.45) is 3.68. The number of rotatable bonds is 4. The zero-order valence-corrected chi connectivity index (χ0v) is 9.33. The summed E-state index contributed by atoms with van der Waals surface area (Å²) in [6.45, 7) is 5.25. The predicted molar refractivity (Wildman–Crippen MR) is 57.4 cm³/mol. The topological polar surface area (TPSA) is 71.2 Å². The Bertz CT molecular complexity index is 377. The molecule has 1 N–H and O–H groups in total. The number of carboxylic acid groups (broad SMARTS) is 1. The van der Waals surface area contributed by atoms with Gasteiger partial charge in [0.05, 0.1) is 12.2 Å². The highest BCUT2D eigenvalue weighted by Gasteiger charge is 2.24. The summed E-state index contributed by atoms with van der Waals surface area (Å²) in [5.74, 6) is -1.02. The van der Waals surface area contributed by atoms with Gasteiger partial charge < -0.3 is 10.0 Å². The van der Waals surface area contributed by atoms with Crippen LogP contribution >= 0.6 is 0 Å². The van der Waals surface area contributed by atoms with Crippen LogP contribution in [0.25, 0.3) is 0 Å². The molecule has 0 spiro atoms. The number of aromatic nitrogens is 3. The van der Waals surface area contributed by atoms with E-state index in [9.17, 15) is 4.79 Å². The third-order valence-corrected chi connectivity index (χ3v) is 2.89. The molecular weight excluding hydrogens is 208 g/mol. The molecule has 16 heavy (non-hydrogen) atoms. The molecule has 2 rings (SSSR count). The van der Waals surface area contributed by atoms with Crippen LogP contribution in [0.4, 0.5) is 0 Å². The molecule has 88 valence electrons. The lowest BCUT2D eigenvalue weighted by atomic mass is 10.3. The van der Waals surface area contributed by atoms with Crippen LogP contribution in [0.5, 0.6) is 0 Å². The lowest BCUT2D eigenvalue weighted by molar-refractivity contribution is 0.0690. The van der Waals surface area contributed by atoms with Crippen molar-refractivity contribution in [3.63, 3.8) is 0 Å². The summed E-state index contributed by atoms with van der Waals surface area (Å²) in [7, 11) is 0. The third kappa shape index (κ3) is 2.21. The van der Waals surface area contributed by atoms with E-state index in [0.29, 0.717) is 0 Å². The predicted octanol–water partition coefficient (Wildman–Crippen LogP) is 0.633. The van der Waals surface area contributed by atoms with Crippen LogP contribution in [-0.4, -0.2) is 50.6 Å². The Morgan fingerprint density at radius 3 is 3.12 bits per heavy atom. The summed E-state index contributed by atoms with van der Waals surface area (Å²) < 4.78 is 1.68. The normalized spacial score (nSPS) is 21.4. The van der Waals surface area contributed by atoms with Crippen molar-refractivity contribution < 1.29 is 9.90 Å². The monoisotopic (exact) mass is 224 g/mol. The smallest absolute Gasteiger partial charge is 0.358 e. The van der Waals surface area contributed by atoms with Gasteiger partial charge in [-0.05, 0) is 19.4 Å². The van der Waals surface area contributed by atoms with Crippen LogP contribution in [0.1, 0.15) is 36.3 Å². The lowest BCUT2D eigenvalue weighted by Crippen LogP contribution is -2.22. The van der Waals surface area contributed by atoms with Crippen LogP contribution in [0.3, 0.4) is 0 Å². The molecule has 6 nitrogen and oxygen atoms in total. The summed E-state index contributed by atoms with van der Waals surface area (Å²) in [5, 5.41) is 16.3. The number of hydrogen-bond acceptors (Lipinski definition) is 4. The zero-order valence-electron chi connectivity index (χ0n) is 9.33. The molecule has 0 saturated carbocycles. The molecular formula is C10H16N4O2. The van der Waals surface area contributed by atoms with Crippen molar-refractivity contribution in [2.75, 3.05) is 19.6 Å². The van der Waals surface area contributed by atoms with E-state index in [-0.39, 0.29) is 11.7 Å². The van der Waals surface area contributed by atoms with E-state index in [4.69, 9.17) is 5.11 Å². The van der Waals surface area contributed by atoms with Gasteiger partial charge in [-0.15, -0.1) is 5.10 Å². The highest BCUT2D eigenvalue weighted by molar-refractivity contribution is 5.84. The first-order chi connectivity index (χ1) is 7.70. The van der Waals surface area contributed by atoms with Gasteiger partial charge in [-0.25, -0.2) is 9.48 Å². The molecule has 2 heterocycles. The van der Waals surface area contributed by atoms with Gasteiger partial charge in [-0.3, -0.25) is 0 Å². The SMILES string of the molecule is CCCN1CC[C@H](n2cc(C(=O)O)nn2)C1. The molecule has 0 radical (unpaired) electrons. The van der Waals surface area contributed by atoms with Crippen molar-refractivity contribution in [3.05, 3.63) is 11.9 Å². The molecule has 1 atom stereocenters. The second-order valence-electron chi connectivity index (χ2n) is 4.13. The Kier molecular flexibility index (Phi) is 3.19. The fraction of sp³-hybridized carbons (Fsp3) is 0.700. The van der Waals surface area contributed by atoms with Crippen molar-refractivity contribution in [3.8, 4) is 0 Å². The van der Waals surface area contributed by atoms with Gasteiger partial charge >= 0.3 is 5.97 Å². The average Bonchev–Trinajstić information content (AvgIpc) is 2.84. The van der Waals surface area contributed by atoms with Crippen LogP contribution in [0.2, 0.25) is 0 Å². The third-order valence-electron chi connectivity index (χ3n) is 2.89. The van der Waals surface area contributed by atoms with Gasteiger partial charge in [0.2, 0.25) is 0 Å². The largest absolute Gasteiger partial charge is 0.476 e. The number of likely N-dealkylation sites (tertiary alicyclic amines) is 1. The van der Waals surface area contributed by atoms with E-state index in [1.807, 2.05) is 0 Å². The van der Waals surface area contributed by atoms with Crippen LogP contribution < -0.4 is 0 Å². The molecule has 6 heteroatoms. The molecule has 1 aliphatic heterocycles. The Hall–Kier alpha value is -1.43. The minimum Gasteiger partial charge on any atom is -0.476 e. The number of carboxylic acids is 1. The molecule has 1 aromatic heterocycles. The number of nitrogens with zero attached hydrogens (tertiary/aromatic N) is 4. The lowest BCUT2D eigenvalue weighted by Gasteiger charge is -2.14. The molecule has 1 fully saturated rings. The quantitative estimate of drug-likeness (QED) is 0.812. The first kappa shape index (κ1) is 11.1. The van der Waals surface area contributed by atoms with Gasteiger partial charge in [0.15, 0.2) is 5.69 Å². The number of carbonyl (C=O) groups is 1. The Labute approximate surface area is 93.9 Å². The molecule has 0 unspecified atom stereocenters. The summed E-state index contributed by atoms with van der Waals surface area (Å²) in [4.78, 5) is 13.0. The maximum absolute atomic E-state index is 10.7. The molecule has 1 aromatic rings. The van der Waals surface area contributed by atoms with E-state index in [1.165, 1.54) is 6.20 Å². The molecule has 0 bridgehead atoms. The summed E-state index contributed by atoms with van der Waals surface area (Å²) in [6, 6.07) is 0.271. The highest BCUT2D eigenvalue weighted by atomic mass is 16.4. The van der Waals surface area contributed by atoms with Crippen molar-refractivity contribution in [2.24, 2.45) is 0 Å². The van der Waals surface area contributed by atoms with E-state index in [0.717, 1.165) is 32.5 Å². The van der Waals surface area contributed by atoms with Crippen molar-refractivity contribution in [1.29, 1.82) is 0 Å². The van der Waals surface area contributed by atoms with Crippen LogP contribution in [0, 0.1) is 0 Å². The summed E-state index contributed by atoms with van der Waals surface area (Å²) in [5.41, 5.74) is 0.0222. The first-order valence-corrected chi connectivity index (χ1v) is 5.58. The van der Waals surface area contributed by atoms with E-state index in [1.54, 1.807) is 4.68 Å². The fourth-order valence-corrected chi connectivity index (χ4v) is 2.10. The molecule has 0 aliphatic carbocycles. The van der Waals surface area contributed by atoms with E-state index >= 15 is 0 Å². The second-order valence-corrected chi connectivity index (χ2v) is 4.13. The Balaban J connectivity index is 2.00.